The Hall–Kier alpha value is -1.55. The molecule has 0 amide bonds. The van der Waals surface area contributed by atoms with Crippen LogP contribution in [0.4, 0.5) is 17.2 Å². The van der Waals surface area contributed by atoms with Gasteiger partial charge in [-0.15, -0.1) is 0 Å². The molecule has 0 bridgehead atoms. The second kappa shape index (κ2) is 7.29. The fourth-order valence-electron chi connectivity index (χ4n) is 1.99. The van der Waals surface area contributed by atoms with Gasteiger partial charge in [0.2, 0.25) is 0 Å². The molecule has 0 saturated heterocycles. The molecule has 0 aliphatic rings. The molecule has 2 rings (SSSR count). The molecule has 3 nitrogen and oxygen atoms in total. The van der Waals surface area contributed by atoms with E-state index in [-0.39, 0.29) is 0 Å². The van der Waals surface area contributed by atoms with Crippen molar-refractivity contribution in [1.29, 1.82) is 0 Å². The Bertz CT molecular complexity index is 569. The van der Waals surface area contributed by atoms with Crippen LogP contribution in [-0.2, 0) is 6.42 Å². The monoisotopic (exact) mass is 333 g/mol. The minimum atomic E-state index is 0.909. The van der Waals surface area contributed by atoms with Crippen molar-refractivity contribution in [1.82, 2.24) is 4.98 Å². The third-order valence-corrected chi connectivity index (χ3v) is 3.54. The van der Waals surface area contributed by atoms with Gasteiger partial charge in [0.1, 0.15) is 5.82 Å². The molecule has 1 heterocycles. The van der Waals surface area contributed by atoms with Crippen molar-refractivity contribution in [2.75, 3.05) is 17.2 Å². The first kappa shape index (κ1) is 14.9. The van der Waals surface area contributed by atoms with Crippen LogP contribution < -0.4 is 10.6 Å². The number of benzene rings is 1. The van der Waals surface area contributed by atoms with Gasteiger partial charge in [-0.05, 0) is 42.7 Å². The number of hydrogen-bond acceptors (Lipinski definition) is 3. The number of rotatable bonds is 6. The Morgan fingerprint density at radius 2 is 2.00 bits per heavy atom. The molecule has 1 aromatic heterocycles. The summed E-state index contributed by atoms with van der Waals surface area (Å²) in [6.07, 6.45) is 3.91. The zero-order chi connectivity index (χ0) is 14.4. The molecule has 0 aliphatic carbocycles. The first-order chi connectivity index (χ1) is 9.72. The molecule has 4 heteroatoms. The molecule has 0 saturated carbocycles. The first-order valence-electron chi connectivity index (χ1n) is 6.98. The molecule has 0 atom stereocenters. The van der Waals surface area contributed by atoms with E-state index in [1.807, 2.05) is 18.3 Å². The molecule has 0 spiro atoms. The van der Waals surface area contributed by atoms with Gasteiger partial charge in [0.25, 0.3) is 0 Å². The van der Waals surface area contributed by atoms with Gasteiger partial charge in [0.15, 0.2) is 0 Å². The summed E-state index contributed by atoms with van der Waals surface area (Å²) in [6.45, 7) is 5.24. The lowest BCUT2D eigenvalue weighted by atomic mass is 10.1. The normalized spacial score (nSPS) is 10.3. The average molecular weight is 334 g/mol. The number of nitrogens with one attached hydrogen (secondary N) is 2. The highest BCUT2D eigenvalue weighted by Gasteiger charge is 2.03. The average Bonchev–Trinajstić information content (AvgIpc) is 2.47. The summed E-state index contributed by atoms with van der Waals surface area (Å²) in [5, 5.41) is 6.77. The molecule has 0 radical (unpaired) electrons. The van der Waals surface area contributed by atoms with Crippen molar-refractivity contribution in [3.05, 3.63) is 46.6 Å². The van der Waals surface area contributed by atoms with Gasteiger partial charge < -0.3 is 10.6 Å². The maximum absolute atomic E-state index is 4.32. The van der Waals surface area contributed by atoms with Crippen molar-refractivity contribution < 1.29 is 0 Å². The standard InChI is InChI=1S/C16H20BrN3/c1-3-8-18-16-11-14(7-9-19-16)20-15-6-5-13(17)10-12(15)4-2/h5-7,9-11H,3-4,8H2,1-2H3,(H2,18,19,20). The van der Waals surface area contributed by atoms with E-state index < -0.39 is 0 Å². The predicted molar refractivity (Wildman–Crippen MR) is 89.8 cm³/mol. The summed E-state index contributed by atoms with van der Waals surface area (Å²) in [5.74, 6) is 0.909. The number of anilines is 3. The van der Waals surface area contributed by atoms with Crippen LogP contribution >= 0.6 is 15.9 Å². The largest absolute Gasteiger partial charge is 0.370 e. The summed E-state index contributed by atoms with van der Waals surface area (Å²) in [7, 11) is 0. The van der Waals surface area contributed by atoms with Gasteiger partial charge in [-0.3, -0.25) is 0 Å². The van der Waals surface area contributed by atoms with Gasteiger partial charge in [0.05, 0.1) is 0 Å². The Morgan fingerprint density at radius 3 is 2.75 bits per heavy atom. The van der Waals surface area contributed by atoms with Crippen LogP contribution in [0, 0.1) is 0 Å². The Balaban J connectivity index is 2.17. The number of nitrogens with zero attached hydrogens (tertiary/aromatic N) is 1. The minimum Gasteiger partial charge on any atom is -0.370 e. The highest BCUT2D eigenvalue weighted by atomic mass is 79.9. The van der Waals surface area contributed by atoms with E-state index >= 15 is 0 Å². The zero-order valence-corrected chi connectivity index (χ0v) is 13.5. The maximum atomic E-state index is 4.32. The molecule has 2 N–H and O–H groups in total. The van der Waals surface area contributed by atoms with Crippen molar-refractivity contribution >= 4 is 33.1 Å². The van der Waals surface area contributed by atoms with E-state index in [0.29, 0.717) is 0 Å². The summed E-state index contributed by atoms with van der Waals surface area (Å²) >= 11 is 3.51. The molecule has 0 fully saturated rings. The summed E-state index contributed by atoms with van der Waals surface area (Å²) < 4.78 is 1.11. The molecule has 106 valence electrons. The van der Waals surface area contributed by atoms with Crippen molar-refractivity contribution in [2.24, 2.45) is 0 Å². The van der Waals surface area contributed by atoms with Gasteiger partial charge in [-0.2, -0.15) is 0 Å². The van der Waals surface area contributed by atoms with Crippen LogP contribution in [0.25, 0.3) is 0 Å². The minimum absolute atomic E-state index is 0.909. The molecule has 0 aliphatic heterocycles. The van der Waals surface area contributed by atoms with Crippen LogP contribution in [0.2, 0.25) is 0 Å². The van der Waals surface area contributed by atoms with E-state index in [9.17, 15) is 0 Å². The van der Waals surface area contributed by atoms with Crippen LogP contribution in [0.3, 0.4) is 0 Å². The summed E-state index contributed by atoms with van der Waals surface area (Å²) in [4.78, 5) is 4.32. The van der Waals surface area contributed by atoms with E-state index in [4.69, 9.17) is 0 Å². The lowest BCUT2D eigenvalue weighted by Gasteiger charge is -2.12. The van der Waals surface area contributed by atoms with Gasteiger partial charge in [0, 0.05) is 34.7 Å². The summed E-state index contributed by atoms with van der Waals surface area (Å²) in [5.41, 5.74) is 3.48. The first-order valence-corrected chi connectivity index (χ1v) is 7.77. The fraction of sp³-hybridized carbons (Fsp3) is 0.312. The number of hydrogen-bond donors (Lipinski definition) is 2. The van der Waals surface area contributed by atoms with Gasteiger partial charge in [-0.1, -0.05) is 29.8 Å². The topological polar surface area (TPSA) is 37.0 Å². The van der Waals surface area contributed by atoms with E-state index in [0.717, 1.165) is 41.1 Å². The summed E-state index contributed by atoms with van der Waals surface area (Å²) in [6, 6.07) is 10.3. The van der Waals surface area contributed by atoms with E-state index in [2.05, 4.69) is 63.6 Å². The smallest absolute Gasteiger partial charge is 0.127 e. The number of aryl methyl sites for hydroxylation is 1. The highest BCUT2D eigenvalue weighted by molar-refractivity contribution is 9.10. The van der Waals surface area contributed by atoms with E-state index in [1.165, 1.54) is 5.56 Å². The van der Waals surface area contributed by atoms with Crippen LogP contribution in [-0.4, -0.2) is 11.5 Å². The van der Waals surface area contributed by atoms with Crippen molar-refractivity contribution in [3.63, 3.8) is 0 Å². The molecule has 2 aromatic rings. The second-order valence-corrected chi connectivity index (χ2v) is 5.55. The number of aromatic nitrogens is 1. The molecule has 0 unspecified atom stereocenters. The van der Waals surface area contributed by atoms with E-state index in [1.54, 1.807) is 0 Å². The van der Waals surface area contributed by atoms with Gasteiger partial charge in [-0.25, -0.2) is 4.98 Å². The zero-order valence-electron chi connectivity index (χ0n) is 11.9. The fourth-order valence-corrected chi connectivity index (χ4v) is 2.40. The Labute approximate surface area is 129 Å². The van der Waals surface area contributed by atoms with Crippen molar-refractivity contribution in [2.45, 2.75) is 26.7 Å². The predicted octanol–water partition coefficient (Wildman–Crippen LogP) is 4.97. The molecular weight excluding hydrogens is 314 g/mol. The molecule has 20 heavy (non-hydrogen) atoms. The van der Waals surface area contributed by atoms with Gasteiger partial charge >= 0.3 is 0 Å². The number of halogens is 1. The van der Waals surface area contributed by atoms with Crippen LogP contribution in [0.15, 0.2) is 41.0 Å². The Kier molecular flexibility index (Phi) is 5.41. The lowest BCUT2D eigenvalue weighted by molar-refractivity contribution is 0.969. The molecular formula is C16H20BrN3. The third kappa shape index (κ3) is 3.97. The maximum Gasteiger partial charge on any atom is 0.127 e. The third-order valence-electron chi connectivity index (χ3n) is 3.04. The quantitative estimate of drug-likeness (QED) is 0.783. The van der Waals surface area contributed by atoms with Crippen LogP contribution in [0.1, 0.15) is 25.8 Å². The molecule has 1 aromatic carbocycles. The lowest BCUT2D eigenvalue weighted by Crippen LogP contribution is -2.02. The second-order valence-electron chi connectivity index (χ2n) is 4.64. The number of pyridine rings is 1. The highest BCUT2D eigenvalue weighted by Crippen LogP contribution is 2.25. The Morgan fingerprint density at radius 1 is 1.15 bits per heavy atom. The van der Waals surface area contributed by atoms with Crippen LogP contribution in [0.5, 0.6) is 0 Å². The van der Waals surface area contributed by atoms with Crippen molar-refractivity contribution in [3.8, 4) is 0 Å². The SMILES string of the molecule is CCCNc1cc(Nc2ccc(Br)cc2CC)ccn1.